The minimum Gasteiger partial charge on any atom is -0.497 e. The first-order valence-electron chi connectivity index (χ1n) is 10.2. The van der Waals surface area contributed by atoms with Crippen LogP contribution in [0.15, 0.2) is 70.2 Å². The molecule has 0 spiro atoms. The summed E-state index contributed by atoms with van der Waals surface area (Å²) in [7, 11) is 1.61. The van der Waals surface area contributed by atoms with Gasteiger partial charge in [0.15, 0.2) is 0 Å². The second-order valence-electron chi connectivity index (χ2n) is 7.63. The van der Waals surface area contributed by atoms with Crippen LogP contribution in [-0.4, -0.2) is 31.4 Å². The number of ether oxygens (including phenoxy) is 1. The highest BCUT2D eigenvalue weighted by Gasteiger charge is 2.13. The Labute approximate surface area is 183 Å². The summed E-state index contributed by atoms with van der Waals surface area (Å²) in [5.74, 6) is 1.55. The SMILES string of the molecule is COc1ccc(-c2noc(Cn3ccn4nc(-c5ccc(C)c(C)c5)cc4c3=O)n2)cc1. The van der Waals surface area contributed by atoms with E-state index in [0.717, 1.165) is 22.6 Å². The van der Waals surface area contributed by atoms with Gasteiger partial charge in [-0.1, -0.05) is 17.3 Å². The van der Waals surface area contributed by atoms with Crippen LogP contribution in [-0.2, 0) is 6.54 Å². The number of rotatable bonds is 5. The molecule has 0 amide bonds. The second kappa shape index (κ2) is 7.81. The van der Waals surface area contributed by atoms with E-state index in [0.29, 0.717) is 17.2 Å². The van der Waals surface area contributed by atoms with Crippen LogP contribution in [0.4, 0.5) is 0 Å². The highest BCUT2D eigenvalue weighted by Crippen LogP contribution is 2.22. The summed E-state index contributed by atoms with van der Waals surface area (Å²) in [6.45, 7) is 4.30. The summed E-state index contributed by atoms with van der Waals surface area (Å²) in [4.78, 5) is 17.5. The first-order chi connectivity index (χ1) is 15.5. The maximum absolute atomic E-state index is 13.0. The van der Waals surface area contributed by atoms with Crippen LogP contribution in [0, 0.1) is 13.8 Å². The van der Waals surface area contributed by atoms with Gasteiger partial charge >= 0.3 is 0 Å². The molecule has 0 saturated heterocycles. The van der Waals surface area contributed by atoms with Gasteiger partial charge < -0.3 is 13.8 Å². The second-order valence-corrected chi connectivity index (χ2v) is 7.63. The Morgan fingerprint density at radius 1 is 0.969 bits per heavy atom. The van der Waals surface area contributed by atoms with Crippen LogP contribution in [0.3, 0.4) is 0 Å². The smallest absolute Gasteiger partial charge is 0.277 e. The Kier molecular flexibility index (Phi) is 4.82. The first kappa shape index (κ1) is 19.7. The minimum absolute atomic E-state index is 0.169. The van der Waals surface area contributed by atoms with Crippen molar-refractivity contribution in [2.24, 2.45) is 0 Å². The number of nitrogens with zero attached hydrogens (tertiary/aromatic N) is 5. The molecule has 0 N–H and O–H groups in total. The first-order valence-corrected chi connectivity index (χ1v) is 10.2. The molecule has 0 radical (unpaired) electrons. The zero-order chi connectivity index (χ0) is 22.2. The number of aryl methyl sites for hydroxylation is 2. The van der Waals surface area contributed by atoms with Crippen LogP contribution >= 0.6 is 0 Å². The summed E-state index contributed by atoms with van der Waals surface area (Å²) in [6, 6.07) is 15.3. The fourth-order valence-corrected chi connectivity index (χ4v) is 3.51. The van der Waals surface area contributed by atoms with Gasteiger partial charge in [0.25, 0.3) is 5.56 Å². The molecule has 8 nitrogen and oxygen atoms in total. The van der Waals surface area contributed by atoms with Crippen LogP contribution < -0.4 is 10.3 Å². The van der Waals surface area contributed by atoms with Gasteiger partial charge in [0, 0.05) is 23.5 Å². The topological polar surface area (TPSA) is 87.5 Å². The standard InChI is InChI=1S/C24H21N5O3/c1-15-4-5-18(12-16(15)2)20-13-21-24(30)28(10-11-29(21)26-20)14-22-25-23(27-32-22)17-6-8-19(31-3)9-7-17/h4-13H,14H2,1-3H3. The number of hydrogen-bond acceptors (Lipinski definition) is 6. The average Bonchev–Trinajstić information content (AvgIpc) is 3.45. The highest BCUT2D eigenvalue weighted by molar-refractivity contribution is 5.66. The molecule has 3 heterocycles. The van der Waals surface area contributed by atoms with Crippen LogP contribution in [0.1, 0.15) is 17.0 Å². The van der Waals surface area contributed by atoms with Crippen molar-refractivity contribution in [1.82, 2.24) is 24.3 Å². The summed E-state index contributed by atoms with van der Waals surface area (Å²) < 4.78 is 13.7. The molecule has 0 fully saturated rings. The Morgan fingerprint density at radius 3 is 2.50 bits per heavy atom. The maximum Gasteiger partial charge on any atom is 0.277 e. The predicted octanol–water partition coefficient (Wildman–Crippen LogP) is 3.89. The molecule has 8 heteroatoms. The largest absolute Gasteiger partial charge is 0.497 e. The normalized spacial score (nSPS) is 11.2. The molecule has 0 aliphatic heterocycles. The van der Waals surface area contributed by atoms with E-state index in [1.54, 1.807) is 30.1 Å². The van der Waals surface area contributed by atoms with Gasteiger partial charge in [0.05, 0.1) is 12.8 Å². The summed E-state index contributed by atoms with van der Waals surface area (Å²) in [5.41, 5.74) is 5.23. The highest BCUT2D eigenvalue weighted by atomic mass is 16.5. The van der Waals surface area contributed by atoms with E-state index in [-0.39, 0.29) is 12.1 Å². The van der Waals surface area contributed by atoms with Gasteiger partial charge in [-0.25, -0.2) is 4.52 Å². The molecule has 0 aliphatic rings. The van der Waals surface area contributed by atoms with E-state index >= 15 is 0 Å². The number of hydrogen-bond donors (Lipinski definition) is 0. The lowest BCUT2D eigenvalue weighted by molar-refractivity contribution is 0.370. The lowest BCUT2D eigenvalue weighted by atomic mass is 10.0. The van der Waals surface area contributed by atoms with Gasteiger partial charge in [0.1, 0.15) is 17.8 Å². The number of aromatic nitrogens is 5. The molecule has 160 valence electrons. The van der Waals surface area contributed by atoms with Gasteiger partial charge in [-0.05, 0) is 61.4 Å². The van der Waals surface area contributed by atoms with Gasteiger partial charge in [-0.2, -0.15) is 10.1 Å². The van der Waals surface area contributed by atoms with E-state index in [1.165, 1.54) is 15.7 Å². The summed E-state index contributed by atoms with van der Waals surface area (Å²) >= 11 is 0. The lowest BCUT2D eigenvalue weighted by Crippen LogP contribution is -2.21. The van der Waals surface area contributed by atoms with Crippen LogP contribution in [0.5, 0.6) is 5.75 Å². The number of methoxy groups -OCH3 is 1. The van der Waals surface area contributed by atoms with Gasteiger partial charge in [-0.3, -0.25) is 4.79 Å². The third kappa shape index (κ3) is 3.56. The van der Waals surface area contributed by atoms with Crippen LogP contribution in [0.25, 0.3) is 28.2 Å². The van der Waals surface area contributed by atoms with E-state index in [4.69, 9.17) is 9.26 Å². The molecule has 0 atom stereocenters. The molecule has 0 saturated carbocycles. The Balaban J connectivity index is 1.43. The average molecular weight is 427 g/mol. The third-order valence-corrected chi connectivity index (χ3v) is 5.53. The van der Waals surface area contributed by atoms with Crippen molar-refractivity contribution in [3.05, 3.63) is 88.3 Å². The molecule has 0 unspecified atom stereocenters. The molecule has 5 aromatic rings. The Morgan fingerprint density at radius 2 is 1.75 bits per heavy atom. The Bertz CT molecular complexity index is 1480. The van der Waals surface area contributed by atoms with Crippen molar-refractivity contribution in [1.29, 1.82) is 0 Å². The maximum atomic E-state index is 13.0. The van der Waals surface area contributed by atoms with Crippen molar-refractivity contribution in [3.63, 3.8) is 0 Å². The molecule has 0 bridgehead atoms. The molecule has 32 heavy (non-hydrogen) atoms. The number of fused-ring (bicyclic) bond motifs is 1. The predicted molar refractivity (Wildman–Crippen MR) is 120 cm³/mol. The fraction of sp³-hybridized carbons (Fsp3) is 0.167. The Hall–Kier alpha value is -4.20. The van der Waals surface area contributed by atoms with E-state index < -0.39 is 0 Å². The molecular weight excluding hydrogens is 406 g/mol. The summed E-state index contributed by atoms with van der Waals surface area (Å²) in [6.07, 6.45) is 3.42. The van der Waals surface area contributed by atoms with Crippen molar-refractivity contribution in [3.8, 4) is 28.4 Å². The third-order valence-electron chi connectivity index (χ3n) is 5.53. The summed E-state index contributed by atoms with van der Waals surface area (Å²) in [5, 5.41) is 8.59. The lowest BCUT2D eigenvalue weighted by Gasteiger charge is -2.02. The van der Waals surface area contributed by atoms with Crippen molar-refractivity contribution < 1.29 is 9.26 Å². The molecule has 5 rings (SSSR count). The van der Waals surface area contributed by atoms with E-state index in [2.05, 4.69) is 41.2 Å². The van der Waals surface area contributed by atoms with E-state index in [9.17, 15) is 4.79 Å². The molecule has 3 aromatic heterocycles. The quantitative estimate of drug-likeness (QED) is 0.423. The van der Waals surface area contributed by atoms with Crippen LogP contribution in [0.2, 0.25) is 0 Å². The van der Waals surface area contributed by atoms with Crippen molar-refractivity contribution >= 4 is 5.52 Å². The van der Waals surface area contributed by atoms with Crippen molar-refractivity contribution in [2.75, 3.05) is 7.11 Å². The molecule has 2 aromatic carbocycles. The zero-order valence-electron chi connectivity index (χ0n) is 17.9. The van der Waals surface area contributed by atoms with Gasteiger partial charge in [-0.15, -0.1) is 0 Å². The fourth-order valence-electron chi connectivity index (χ4n) is 3.51. The van der Waals surface area contributed by atoms with Gasteiger partial charge in [0.2, 0.25) is 11.7 Å². The zero-order valence-corrected chi connectivity index (χ0v) is 17.9. The monoisotopic (exact) mass is 427 g/mol. The molecule has 0 aliphatic carbocycles. The number of benzene rings is 2. The molecular formula is C24H21N5O3. The minimum atomic E-state index is -0.181. The van der Waals surface area contributed by atoms with E-state index in [1.807, 2.05) is 30.3 Å². The van der Waals surface area contributed by atoms with Crippen molar-refractivity contribution in [2.45, 2.75) is 20.4 Å².